The summed E-state index contributed by atoms with van der Waals surface area (Å²) in [5.41, 5.74) is 5.95. The number of nitrogens with zero attached hydrogens (tertiary/aromatic N) is 1. The van der Waals surface area contributed by atoms with Gasteiger partial charge in [0.2, 0.25) is 11.8 Å². The molecule has 0 radical (unpaired) electrons. The molecule has 0 aromatic heterocycles. The van der Waals surface area contributed by atoms with Gasteiger partial charge in [0, 0.05) is 31.5 Å². The number of rotatable bonds is 12. The van der Waals surface area contributed by atoms with Crippen LogP contribution < -0.4 is 15.8 Å². The number of carboxylic acid groups (broad SMARTS) is 2. The lowest BCUT2D eigenvalue weighted by Crippen LogP contribution is -2.49. The number of nitrogens with one attached hydrogen (secondary N) is 2. The van der Waals surface area contributed by atoms with Crippen LogP contribution in [0.2, 0.25) is 0 Å². The molecule has 1 aromatic carbocycles. The SMILES string of the molecule is N=C(N)c1ccc(OCCCC(=O)N[C@@H](CC(=O)O)C(=O)N2CCC(CC(=O)O)C2)cc1. The quantitative estimate of drug-likeness (QED) is 0.173. The van der Waals surface area contributed by atoms with Crippen molar-refractivity contribution in [3.8, 4) is 5.75 Å². The highest BCUT2D eigenvalue weighted by Gasteiger charge is 2.33. The summed E-state index contributed by atoms with van der Waals surface area (Å²) in [4.78, 5) is 48.4. The number of aliphatic carboxylic acids is 2. The number of amidine groups is 1. The second-order valence-corrected chi connectivity index (χ2v) is 7.64. The molecule has 0 spiro atoms. The van der Waals surface area contributed by atoms with Crippen LogP contribution in [0.4, 0.5) is 0 Å². The van der Waals surface area contributed by atoms with E-state index in [2.05, 4.69) is 5.32 Å². The number of hydrogen-bond acceptors (Lipinski definition) is 6. The Balaban J connectivity index is 1.80. The van der Waals surface area contributed by atoms with E-state index >= 15 is 0 Å². The maximum Gasteiger partial charge on any atom is 0.305 e. The number of carbonyl (C=O) groups excluding carboxylic acids is 2. The molecule has 1 aliphatic rings. The minimum atomic E-state index is -1.22. The lowest BCUT2D eigenvalue weighted by atomic mass is 10.1. The van der Waals surface area contributed by atoms with Crippen LogP contribution in [0, 0.1) is 11.3 Å². The number of amides is 2. The van der Waals surface area contributed by atoms with E-state index in [0.29, 0.717) is 30.7 Å². The summed E-state index contributed by atoms with van der Waals surface area (Å²) in [5.74, 6) is -2.83. The van der Waals surface area contributed by atoms with Gasteiger partial charge in [0.1, 0.15) is 17.6 Å². The number of benzene rings is 1. The summed E-state index contributed by atoms with van der Waals surface area (Å²) >= 11 is 0. The molecule has 11 nitrogen and oxygen atoms in total. The van der Waals surface area contributed by atoms with Crippen molar-refractivity contribution in [1.29, 1.82) is 5.41 Å². The monoisotopic (exact) mass is 448 g/mol. The van der Waals surface area contributed by atoms with Crippen molar-refractivity contribution in [1.82, 2.24) is 10.2 Å². The van der Waals surface area contributed by atoms with Gasteiger partial charge in [0.05, 0.1) is 13.0 Å². The van der Waals surface area contributed by atoms with Crippen LogP contribution in [-0.2, 0) is 19.2 Å². The van der Waals surface area contributed by atoms with Crippen molar-refractivity contribution in [2.75, 3.05) is 19.7 Å². The number of carboxylic acids is 2. The zero-order chi connectivity index (χ0) is 23.7. The van der Waals surface area contributed by atoms with E-state index in [1.54, 1.807) is 24.3 Å². The van der Waals surface area contributed by atoms with Crippen molar-refractivity contribution in [3.63, 3.8) is 0 Å². The minimum Gasteiger partial charge on any atom is -0.494 e. The molecule has 1 aromatic rings. The molecule has 0 bridgehead atoms. The first kappa shape index (κ1) is 24.6. The zero-order valence-corrected chi connectivity index (χ0v) is 17.6. The van der Waals surface area contributed by atoms with E-state index in [4.69, 9.17) is 26.1 Å². The first-order valence-electron chi connectivity index (χ1n) is 10.2. The molecule has 1 aliphatic heterocycles. The lowest BCUT2D eigenvalue weighted by Gasteiger charge is -2.23. The molecule has 1 fully saturated rings. The van der Waals surface area contributed by atoms with E-state index in [1.165, 1.54) is 4.90 Å². The van der Waals surface area contributed by atoms with E-state index in [1.807, 2.05) is 0 Å². The van der Waals surface area contributed by atoms with Gasteiger partial charge < -0.3 is 30.9 Å². The Bertz CT molecular complexity index is 856. The smallest absolute Gasteiger partial charge is 0.305 e. The molecule has 174 valence electrons. The number of carbonyl (C=O) groups is 4. The standard InChI is InChI=1S/C21H28N4O7/c22-20(23)14-3-5-15(6-4-14)32-9-1-2-17(26)24-16(11-19(29)30)21(31)25-8-7-13(12-25)10-18(27)28/h3-6,13,16H,1-2,7-12H2,(H3,22,23)(H,24,26)(H,27,28)(H,29,30)/t13?,16-/m0/s1. The molecule has 6 N–H and O–H groups in total. The molecule has 0 aliphatic carbocycles. The van der Waals surface area contributed by atoms with E-state index in [0.717, 1.165) is 0 Å². The molecule has 1 heterocycles. The number of hydrogen-bond donors (Lipinski definition) is 5. The second kappa shape index (κ2) is 11.7. The summed E-state index contributed by atoms with van der Waals surface area (Å²) in [6.07, 6.45) is 0.298. The summed E-state index contributed by atoms with van der Waals surface area (Å²) < 4.78 is 5.52. The Morgan fingerprint density at radius 2 is 1.88 bits per heavy atom. The molecule has 32 heavy (non-hydrogen) atoms. The van der Waals surface area contributed by atoms with Crippen molar-refractivity contribution < 1.29 is 34.1 Å². The van der Waals surface area contributed by atoms with Crippen LogP contribution in [0.15, 0.2) is 24.3 Å². The van der Waals surface area contributed by atoms with Crippen LogP contribution in [0.25, 0.3) is 0 Å². The summed E-state index contributed by atoms with van der Waals surface area (Å²) in [7, 11) is 0. The van der Waals surface area contributed by atoms with E-state index < -0.39 is 36.2 Å². The zero-order valence-electron chi connectivity index (χ0n) is 17.6. The number of likely N-dealkylation sites (tertiary alicyclic amines) is 1. The van der Waals surface area contributed by atoms with Crippen molar-refractivity contribution in [2.24, 2.45) is 11.7 Å². The average molecular weight is 448 g/mol. The number of ether oxygens (including phenoxy) is 1. The van der Waals surface area contributed by atoms with E-state index in [9.17, 15) is 19.2 Å². The number of nitrogens with two attached hydrogens (primary N) is 1. The van der Waals surface area contributed by atoms with Gasteiger partial charge in [-0.05, 0) is 43.0 Å². The highest BCUT2D eigenvalue weighted by atomic mass is 16.5. The van der Waals surface area contributed by atoms with Gasteiger partial charge in [-0.15, -0.1) is 0 Å². The topological polar surface area (TPSA) is 183 Å². The van der Waals surface area contributed by atoms with Crippen LogP contribution in [0.5, 0.6) is 5.75 Å². The fraction of sp³-hybridized carbons (Fsp3) is 0.476. The highest BCUT2D eigenvalue weighted by Crippen LogP contribution is 2.21. The molecule has 1 saturated heterocycles. The Kier molecular flexibility index (Phi) is 8.99. The third-order valence-electron chi connectivity index (χ3n) is 5.06. The lowest BCUT2D eigenvalue weighted by molar-refractivity contribution is -0.143. The molecule has 2 atom stereocenters. The van der Waals surface area contributed by atoms with Crippen LogP contribution in [0.1, 0.15) is 37.7 Å². The van der Waals surface area contributed by atoms with Crippen LogP contribution in [-0.4, -0.2) is 70.4 Å². The molecule has 2 amide bonds. The first-order chi connectivity index (χ1) is 15.2. The molecular weight excluding hydrogens is 420 g/mol. The van der Waals surface area contributed by atoms with Crippen molar-refractivity contribution >= 4 is 29.6 Å². The Labute approximate surface area is 185 Å². The predicted molar refractivity (Wildman–Crippen MR) is 113 cm³/mol. The Morgan fingerprint density at radius 1 is 1.19 bits per heavy atom. The minimum absolute atomic E-state index is 0.0383. The molecule has 1 unspecified atom stereocenters. The summed E-state index contributed by atoms with van der Waals surface area (Å²) in [5, 5.41) is 27.8. The Hall–Kier alpha value is -3.63. The third-order valence-corrected chi connectivity index (χ3v) is 5.06. The fourth-order valence-corrected chi connectivity index (χ4v) is 3.46. The number of nitrogen functional groups attached to an aromatic ring is 1. The second-order valence-electron chi connectivity index (χ2n) is 7.64. The van der Waals surface area contributed by atoms with Gasteiger partial charge in [-0.3, -0.25) is 24.6 Å². The first-order valence-corrected chi connectivity index (χ1v) is 10.2. The largest absolute Gasteiger partial charge is 0.494 e. The molecule has 2 rings (SSSR count). The summed E-state index contributed by atoms with van der Waals surface area (Å²) in [6, 6.07) is 5.40. The van der Waals surface area contributed by atoms with Gasteiger partial charge in [-0.2, -0.15) is 0 Å². The third kappa shape index (κ3) is 7.89. The van der Waals surface area contributed by atoms with Crippen LogP contribution >= 0.6 is 0 Å². The van der Waals surface area contributed by atoms with Crippen molar-refractivity contribution in [2.45, 2.75) is 38.1 Å². The predicted octanol–water partition coefficient (Wildman–Crippen LogP) is 0.412. The normalized spacial score (nSPS) is 16.2. The van der Waals surface area contributed by atoms with Gasteiger partial charge in [0.15, 0.2) is 0 Å². The molecule has 0 saturated carbocycles. The summed E-state index contributed by atoms with van der Waals surface area (Å²) in [6.45, 7) is 0.791. The van der Waals surface area contributed by atoms with Crippen molar-refractivity contribution in [3.05, 3.63) is 29.8 Å². The average Bonchev–Trinajstić information content (AvgIpc) is 3.18. The Morgan fingerprint density at radius 3 is 2.47 bits per heavy atom. The van der Waals surface area contributed by atoms with Gasteiger partial charge in [0.25, 0.3) is 0 Å². The van der Waals surface area contributed by atoms with Crippen LogP contribution in [0.3, 0.4) is 0 Å². The van der Waals surface area contributed by atoms with Gasteiger partial charge in [-0.25, -0.2) is 0 Å². The van der Waals surface area contributed by atoms with Gasteiger partial charge in [-0.1, -0.05) is 0 Å². The fourth-order valence-electron chi connectivity index (χ4n) is 3.46. The molecule has 11 heteroatoms. The van der Waals surface area contributed by atoms with Gasteiger partial charge >= 0.3 is 11.9 Å². The highest BCUT2D eigenvalue weighted by molar-refractivity contribution is 5.95. The molecular formula is C21H28N4O7. The maximum absolute atomic E-state index is 12.7. The maximum atomic E-state index is 12.7. The van der Waals surface area contributed by atoms with E-state index in [-0.39, 0.29) is 37.7 Å².